The highest BCUT2D eigenvalue weighted by Gasteiger charge is 1.94. The summed E-state index contributed by atoms with van der Waals surface area (Å²) in [5, 5.41) is 0.768. The van der Waals surface area contributed by atoms with Crippen LogP contribution < -0.4 is 0 Å². The van der Waals surface area contributed by atoms with Gasteiger partial charge in [0.05, 0.1) is 17.3 Å². The Hall–Kier alpha value is -0.810. The quantitative estimate of drug-likeness (QED) is 0.795. The van der Waals surface area contributed by atoms with Gasteiger partial charge in [0.15, 0.2) is 11.8 Å². The topological polar surface area (TPSA) is 52.1 Å². The molecule has 88 valence electrons. The Morgan fingerprint density at radius 1 is 1.12 bits per heavy atom. The summed E-state index contributed by atoms with van der Waals surface area (Å²) in [6.45, 7) is 3.61. The second-order valence-corrected chi connectivity index (χ2v) is 3.81. The summed E-state index contributed by atoms with van der Waals surface area (Å²) in [6.07, 6.45) is 3.20. The summed E-state index contributed by atoms with van der Waals surface area (Å²) in [4.78, 5) is 7.95. The van der Waals surface area contributed by atoms with Crippen LogP contribution in [0.3, 0.4) is 0 Å². The van der Waals surface area contributed by atoms with Gasteiger partial charge >= 0.3 is 0 Å². The summed E-state index contributed by atoms with van der Waals surface area (Å²) in [6, 6.07) is 0. The molecule has 0 fully saturated rings. The predicted molar refractivity (Wildman–Crippen MR) is 64.7 cm³/mol. The van der Waals surface area contributed by atoms with Crippen molar-refractivity contribution < 1.29 is 8.83 Å². The Kier molecular flexibility index (Phi) is 5.55. The van der Waals surface area contributed by atoms with Crippen molar-refractivity contribution in [1.29, 1.82) is 0 Å². The molecule has 4 nitrogen and oxygen atoms in total. The van der Waals surface area contributed by atoms with Crippen LogP contribution in [0.2, 0.25) is 0 Å². The van der Waals surface area contributed by atoms with Gasteiger partial charge in [-0.15, -0.1) is 11.6 Å². The second kappa shape index (κ2) is 6.70. The maximum absolute atomic E-state index is 5.42. The summed E-state index contributed by atoms with van der Waals surface area (Å²) < 4.78 is 9.77. The van der Waals surface area contributed by atoms with Crippen LogP contribution >= 0.6 is 27.5 Å². The number of nitrogens with zero attached hydrogens (tertiary/aromatic N) is 2. The summed E-state index contributed by atoms with van der Waals surface area (Å²) in [7, 11) is 0. The highest BCUT2D eigenvalue weighted by atomic mass is 79.9. The fourth-order valence-electron chi connectivity index (χ4n) is 0.939. The predicted octanol–water partition coefficient (Wildman–Crippen LogP) is 3.60. The number of aryl methyl sites for hydroxylation is 2. The molecule has 2 aromatic rings. The van der Waals surface area contributed by atoms with Gasteiger partial charge in [0.25, 0.3) is 0 Å². The van der Waals surface area contributed by atoms with Crippen molar-refractivity contribution in [2.75, 3.05) is 0 Å². The molecule has 6 heteroatoms. The first-order valence-corrected chi connectivity index (χ1v) is 6.25. The third-order valence-electron chi connectivity index (χ3n) is 1.61. The zero-order chi connectivity index (χ0) is 12.0. The lowest BCUT2D eigenvalue weighted by Crippen LogP contribution is -1.74. The Bertz CT molecular complexity index is 388. The molecule has 2 heterocycles. The van der Waals surface area contributed by atoms with Gasteiger partial charge in [0.2, 0.25) is 0 Å². The normalized spacial score (nSPS) is 9.75. The molecule has 2 aromatic heterocycles. The summed E-state index contributed by atoms with van der Waals surface area (Å²) >= 11 is 8.67. The standard InChI is InChI=1S/C5H6BrNO.C5H6ClNO/c2*1-4-7-5(2-6)3-8-4/h2*3H,2H2,1H3. The molecular weight excluding hydrogens is 295 g/mol. The van der Waals surface area contributed by atoms with E-state index in [4.69, 9.17) is 20.4 Å². The van der Waals surface area contributed by atoms with E-state index in [0.717, 1.165) is 22.6 Å². The molecule has 0 spiro atoms. The largest absolute Gasteiger partial charge is 0.449 e. The minimum atomic E-state index is 0.428. The third kappa shape index (κ3) is 4.37. The SMILES string of the molecule is Cc1nc(CBr)co1.Cc1nc(CCl)co1. The van der Waals surface area contributed by atoms with E-state index in [-0.39, 0.29) is 0 Å². The van der Waals surface area contributed by atoms with E-state index in [9.17, 15) is 0 Å². The number of hydrogen-bond acceptors (Lipinski definition) is 4. The Balaban J connectivity index is 0.000000160. The molecule has 0 atom stereocenters. The zero-order valence-electron chi connectivity index (χ0n) is 9.04. The number of alkyl halides is 2. The molecule has 0 amide bonds. The van der Waals surface area contributed by atoms with Crippen molar-refractivity contribution in [2.45, 2.75) is 25.1 Å². The Morgan fingerprint density at radius 3 is 1.81 bits per heavy atom. The van der Waals surface area contributed by atoms with Crippen molar-refractivity contribution in [3.8, 4) is 0 Å². The van der Waals surface area contributed by atoms with Crippen LogP contribution in [0.25, 0.3) is 0 Å². The number of aromatic nitrogens is 2. The Morgan fingerprint density at radius 2 is 1.62 bits per heavy atom. The number of rotatable bonds is 2. The molecule has 0 radical (unpaired) electrons. The average molecular weight is 308 g/mol. The highest BCUT2D eigenvalue weighted by Crippen LogP contribution is 2.03. The van der Waals surface area contributed by atoms with Gasteiger partial charge in [0.1, 0.15) is 12.5 Å². The second-order valence-electron chi connectivity index (χ2n) is 2.98. The molecule has 0 N–H and O–H groups in total. The van der Waals surface area contributed by atoms with Crippen molar-refractivity contribution in [1.82, 2.24) is 9.97 Å². The first-order valence-electron chi connectivity index (χ1n) is 4.59. The van der Waals surface area contributed by atoms with E-state index in [1.807, 2.05) is 6.92 Å². The lowest BCUT2D eigenvalue weighted by molar-refractivity contribution is 0.520. The molecule has 16 heavy (non-hydrogen) atoms. The Labute approximate surface area is 107 Å². The monoisotopic (exact) mass is 306 g/mol. The number of halogens is 2. The highest BCUT2D eigenvalue weighted by molar-refractivity contribution is 9.08. The van der Waals surface area contributed by atoms with E-state index >= 15 is 0 Å². The summed E-state index contributed by atoms with van der Waals surface area (Å²) in [5.41, 5.74) is 1.74. The van der Waals surface area contributed by atoms with Gasteiger partial charge < -0.3 is 8.83 Å². The van der Waals surface area contributed by atoms with Crippen LogP contribution in [-0.2, 0) is 11.2 Å². The van der Waals surface area contributed by atoms with Crippen LogP contribution in [-0.4, -0.2) is 9.97 Å². The van der Waals surface area contributed by atoms with Crippen LogP contribution in [0.4, 0.5) is 0 Å². The molecule has 0 saturated carbocycles. The maximum Gasteiger partial charge on any atom is 0.191 e. The minimum absolute atomic E-state index is 0.428. The van der Waals surface area contributed by atoms with E-state index in [0.29, 0.717) is 11.8 Å². The van der Waals surface area contributed by atoms with Gasteiger partial charge in [-0.05, 0) is 0 Å². The van der Waals surface area contributed by atoms with Gasteiger partial charge in [0, 0.05) is 19.2 Å². The number of oxazole rings is 2. The van der Waals surface area contributed by atoms with Crippen LogP contribution in [0, 0.1) is 13.8 Å². The molecule has 0 aliphatic rings. The van der Waals surface area contributed by atoms with Crippen molar-refractivity contribution in [2.24, 2.45) is 0 Å². The molecule has 0 unspecified atom stereocenters. The maximum atomic E-state index is 5.42. The fourth-order valence-corrected chi connectivity index (χ4v) is 1.32. The molecule has 2 rings (SSSR count). The molecule has 0 aliphatic heterocycles. The van der Waals surface area contributed by atoms with Gasteiger partial charge in [-0.2, -0.15) is 0 Å². The average Bonchev–Trinajstić information content (AvgIpc) is 2.88. The van der Waals surface area contributed by atoms with Crippen molar-refractivity contribution in [3.05, 3.63) is 35.7 Å². The molecular formula is C10H12BrClN2O2. The van der Waals surface area contributed by atoms with Crippen LogP contribution in [0.15, 0.2) is 21.4 Å². The van der Waals surface area contributed by atoms with Crippen LogP contribution in [0.1, 0.15) is 23.2 Å². The zero-order valence-corrected chi connectivity index (χ0v) is 11.4. The van der Waals surface area contributed by atoms with E-state index in [2.05, 4.69) is 25.9 Å². The third-order valence-corrected chi connectivity index (χ3v) is 2.46. The molecule has 0 saturated heterocycles. The fraction of sp³-hybridized carbons (Fsp3) is 0.400. The minimum Gasteiger partial charge on any atom is -0.449 e. The van der Waals surface area contributed by atoms with Gasteiger partial charge in [-0.25, -0.2) is 9.97 Å². The smallest absolute Gasteiger partial charge is 0.191 e. The van der Waals surface area contributed by atoms with Crippen molar-refractivity contribution in [3.63, 3.8) is 0 Å². The molecule has 0 bridgehead atoms. The van der Waals surface area contributed by atoms with Crippen molar-refractivity contribution >= 4 is 27.5 Å². The van der Waals surface area contributed by atoms with E-state index in [1.54, 1.807) is 19.5 Å². The first kappa shape index (κ1) is 13.3. The van der Waals surface area contributed by atoms with Gasteiger partial charge in [-0.1, -0.05) is 15.9 Å². The molecule has 0 aliphatic carbocycles. The van der Waals surface area contributed by atoms with E-state index in [1.165, 1.54) is 0 Å². The lowest BCUT2D eigenvalue weighted by Gasteiger charge is -1.75. The van der Waals surface area contributed by atoms with Gasteiger partial charge in [-0.3, -0.25) is 0 Å². The van der Waals surface area contributed by atoms with E-state index < -0.39 is 0 Å². The number of hydrogen-bond donors (Lipinski definition) is 0. The molecule has 0 aromatic carbocycles. The lowest BCUT2D eigenvalue weighted by atomic mass is 10.6. The first-order chi connectivity index (χ1) is 7.65. The summed E-state index contributed by atoms with van der Waals surface area (Å²) in [5.74, 6) is 1.82. The van der Waals surface area contributed by atoms with Crippen LogP contribution in [0.5, 0.6) is 0 Å².